The zero-order valence-corrected chi connectivity index (χ0v) is 36.2. The molecular weight excluding hydrogens is 721 g/mol. The third-order valence-corrected chi connectivity index (χ3v) is 11.1. The average molecular weight is 806 g/mol. The van der Waals surface area contributed by atoms with Crippen LogP contribution < -0.4 is 5.73 Å². The van der Waals surface area contributed by atoms with Crippen LogP contribution in [0.1, 0.15) is 226 Å². The molecule has 0 aliphatic rings. The topological polar surface area (TPSA) is 172 Å². The van der Waals surface area contributed by atoms with E-state index in [0.717, 1.165) is 38.5 Å². The number of nitrogens with two attached hydrogens (primary N) is 1. The van der Waals surface area contributed by atoms with Crippen LogP contribution >= 0.6 is 7.82 Å². The van der Waals surface area contributed by atoms with Crippen LogP contribution in [0.2, 0.25) is 0 Å². The van der Waals surface area contributed by atoms with E-state index in [4.69, 9.17) is 24.8 Å². The lowest BCUT2D eigenvalue weighted by atomic mass is 10.0. The molecule has 0 radical (unpaired) electrons. The van der Waals surface area contributed by atoms with E-state index in [0.29, 0.717) is 12.8 Å². The molecule has 3 atom stereocenters. The normalized spacial score (nSPS) is 13.7. The van der Waals surface area contributed by atoms with E-state index in [1.54, 1.807) is 0 Å². The molecule has 0 fully saturated rings. The number of aliphatic carboxylic acids is 1. The highest BCUT2D eigenvalue weighted by molar-refractivity contribution is 7.47. The summed E-state index contributed by atoms with van der Waals surface area (Å²) in [7, 11) is -4.70. The number of carbonyl (C=O) groups is 3. The Morgan fingerprint density at radius 2 is 0.800 bits per heavy atom. The molecule has 0 bridgehead atoms. The number of carboxylic acids is 1. The summed E-state index contributed by atoms with van der Waals surface area (Å²) in [5, 5.41) is 8.88. The fourth-order valence-electron chi connectivity index (χ4n) is 6.54. The van der Waals surface area contributed by atoms with Crippen molar-refractivity contribution < 1.29 is 47.5 Å². The van der Waals surface area contributed by atoms with Crippen LogP contribution in [0.3, 0.4) is 0 Å². The molecule has 0 rings (SSSR count). The zero-order chi connectivity index (χ0) is 40.7. The Labute approximate surface area is 335 Å². The highest BCUT2D eigenvalue weighted by Gasteiger charge is 2.28. The van der Waals surface area contributed by atoms with Gasteiger partial charge in [-0.3, -0.25) is 23.4 Å². The minimum atomic E-state index is -4.70. The number of ether oxygens (including phenoxy) is 2. The maximum absolute atomic E-state index is 12.6. The molecular formula is C43H84NO10P. The SMILES string of the molecule is CCCCCCCCCCCCCCCCCCCCCCCC(=O)OC(COC(=O)CCCCCCCCCCCC)COP(=O)(O)OCC(N)C(=O)O. The van der Waals surface area contributed by atoms with Gasteiger partial charge in [0.15, 0.2) is 6.10 Å². The molecule has 0 aromatic rings. The first-order chi connectivity index (χ1) is 26.6. The molecule has 0 aliphatic carbocycles. The fraction of sp³-hybridized carbons (Fsp3) is 0.930. The van der Waals surface area contributed by atoms with Crippen molar-refractivity contribution in [2.45, 2.75) is 238 Å². The molecule has 0 aromatic heterocycles. The second-order valence-electron chi connectivity index (χ2n) is 15.6. The van der Waals surface area contributed by atoms with Crippen molar-refractivity contribution in [1.29, 1.82) is 0 Å². The van der Waals surface area contributed by atoms with Crippen LogP contribution in [0.15, 0.2) is 0 Å². The van der Waals surface area contributed by atoms with E-state index in [1.165, 1.54) is 148 Å². The molecule has 12 heteroatoms. The van der Waals surface area contributed by atoms with E-state index >= 15 is 0 Å². The van der Waals surface area contributed by atoms with E-state index in [1.807, 2.05) is 0 Å². The van der Waals surface area contributed by atoms with Gasteiger partial charge in [-0.05, 0) is 12.8 Å². The Kier molecular flexibility index (Phi) is 38.2. The lowest BCUT2D eigenvalue weighted by molar-refractivity contribution is -0.161. The first-order valence-electron chi connectivity index (χ1n) is 22.6. The van der Waals surface area contributed by atoms with Crippen LogP contribution in [0.4, 0.5) is 0 Å². The number of carbonyl (C=O) groups excluding carboxylic acids is 2. The second-order valence-corrected chi connectivity index (χ2v) is 17.0. The number of phosphoric ester groups is 1. The van der Waals surface area contributed by atoms with Crippen LogP contribution in [0.5, 0.6) is 0 Å². The van der Waals surface area contributed by atoms with Gasteiger partial charge in [0.2, 0.25) is 0 Å². The summed E-state index contributed by atoms with van der Waals surface area (Å²) >= 11 is 0. The Bertz CT molecular complexity index is 952. The standard InChI is InChI=1S/C43H84NO10P/c1-3-5-7-9-11-13-15-16-17-18-19-20-21-22-23-24-25-27-29-31-33-35-42(46)54-39(37-52-55(49,50)53-38-40(44)43(47)48)36-51-41(45)34-32-30-28-26-14-12-10-8-6-4-2/h39-40H,3-38,44H2,1-2H3,(H,47,48)(H,49,50). The number of unbranched alkanes of at least 4 members (excludes halogenated alkanes) is 29. The van der Waals surface area contributed by atoms with Crippen LogP contribution in [-0.4, -0.2) is 59.9 Å². The van der Waals surface area contributed by atoms with E-state index in [9.17, 15) is 23.8 Å². The van der Waals surface area contributed by atoms with Crippen molar-refractivity contribution in [2.24, 2.45) is 5.73 Å². The fourth-order valence-corrected chi connectivity index (χ4v) is 7.32. The van der Waals surface area contributed by atoms with Gasteiger partial charge in [0.25, 0.3) is 0 Å². The van der Waals surface area contributed by atoms with Crippen LogP contribution in [0.25, 0.3) is 0 Å². The summed E-state index contributed by atoms with van der Waals surface area (Å²) < 4.78 is 32.7. The van der Waals surface area contributed by atoms with Gasteiger partial charge >= 0.3 is 25.7 Å². The monoisotopic (exact) mass is 806 g/mol. The summed E-state index contributed by atoms with van der Waals surface area (Å²) in [5.41, 5.74) is 5.33. The quantitative estimate of drug-likeness (QED) is 0.0304. The third-order valence-electron chi connectivity index (χ3n) is 10.1. The number of phosphoric acid groups is 1. The Morgan fingerprint density at radius 3 is 1.15 bits per heavy atom. The first-order valence-corrected chi connectivity index (χ1v) is 24.1. The highest BCUT2D eigenvalue weighted by Crippen LogP contribution is 2.43. The molecule has 4 N–H and O–H groups in total. The molecule has 0 amide bonds. The number of esters is 2. The summed E-state index contributed by atoms with van der Waals surface area (Å²) in [4.78, 5) is 45.9. The highest BCUT2D eigenvalue weighted by atomic mass is 31.2. The van der Waals surface area contributed by atoms with Crippen LogP contribution in [-0.2, 0) is 37.5 Å². The molecule has 0 saturated heterocycles. The zero-order valence-electron chi connectivity index (χ0n) is 35.3. The molecule has 55 heavy (non-hydrogen) atoms. The van der Waals surface area contributed by atoms with Crippen molar-refractivity contribution in [3.63, 3.8) is 0 Å². The smallest absolute Gasteiger partial charge is 0.472 e. The van der Waals surface area contributed by atoms with Gasteiger partial charge in [-0.1, -0.05) is 200 Å². The molecule has 0 aliphatic heterocycles. The van der Waals surface area contributed by atoms with E-state index in [2.05, 4.69) is 18.4 Å². The minimum absolute atomic E-state index is 0.169. The first kappa shape index (κ1) is 53.5. The lowest BCUT2D eigenvalue weighted by Gasteiger charge is -2.20. The predicted octanol–water partition coefficient (Wildman–Crippen LogP) is 11.9. The number of rotatable bonds is 43. The Balaban J connectivity index is 4.20. The molecule has 0 spiro atoms. The van der Waals surface area contributed by atoms with E-state index < -0.39 is 51.1 Å². The van der Waals surface area contributed by atoms with Gasteiger partial charge in [0.05, 0.1) is 13.2 Å². The molecule has 11 nitrogen and oxygen atoms in total. The molecule has 3 unspecified atom stereocenters. The number of hydrogen-bond donors (Lipinski definition) is 3. The third kappa shape index (κ3) is 39.1. The molecule has 326 valence electrons. The van der Waals surface area contributed by atoms with Gasteiger partial charge in [-0.25, -0.2) is 4.57 Å². The molecule has 0 aromatic carbocycles. The molecule has 0 heterocycles. The number of carboxylic acid groups (broad SMARTS) is 1. The van der Waals surface area contributed by atoms with Crippen molar-refractivity contribution in [3.05, 3.63) is 0 Å². The van der Waals surface area contributed by atoms with Crippen molar-refractivity contribution in [2.75, 3.05) is 19.8 Å². The summed E-state index contributed by atoms with van der Waals surface area (Å²) in [6, 6.07) is -1.52. The Hall–Kier alpha value is -1.52. The second kappa shape index (κ2) is 39.3. The van der Waals surface area contributed by atoms with Gasteiger partial charge in [0, 0.05) is 12.8 Å². The van der Waals surface area contributed by atoms with E-state index in [-0.39, 0.29) is 19.4 Å². The van der Waals surface area contributed by atoms with Crippen molar-refractivity contribution in [1.82, 2.24) is 0 Å². The summed E-state index contributed by atoms with van der Waals surface area (Å²) in [6.07, 6.45) is 37.5. The van der Waals surface area contributed by atoms with Gasteiger partial charge in [0.1, 0.15) is 12.6 Å². The maximum atomic E-state index is 12.6. The maximum Gasteiger partial charge on any atom is 0.472 e. The predicted molar refractivity (Wildman–Crippen MR) is 222 cm³/mol. The lowest BCUT2D eigenvalue weighted by Crippen LogP contribution is -2.34. The van der Waals surface area contributed by atoms with Crippen LogP contribution in [0, 0.1) is 0 Å². The van der Waals surface area contributed by atoms with Crippen molar-refractivity contribution >= 4 is 25.7 Å². The van der Waals surface area contributed by atoms with Gasteiger partial charge in [-0.2, -0.15) is 0 Å². The van der Waals surface area contributed by atoms with Gasteiger partial charge < -0.3 is 25.2 Å². The molecule has 0 saturated carbocycles. The van der Waals surface area contributed by atoms with Crippen molar-refractivity contribution in [3.8, 4) is 0 Å². The van der Waals surface area contributed by atoms with Gasteiger partial charge in [-0.15, -0.1) is 0 Å². The number of hydrogen-bond acceptors (Lipinski definition) is 9. The minimum Gasteiger partial charge on any atom is -0.480 e. The average Bonchev–Trinajstić information content (AvgIpc) is 3.16. The Morgan fingerprint density at radius 1 is 0.491 bits per heavy atom. The largest absolute Gasteiger partial charge is 0.480 e. The summed E-state index contributed by atoms with van der Waals surface area (Å²) in [5.74, 6) is -2.36. The summed E-state index contributed by atoms with van der Waals surface area (Å²) in [6.45, 7) is 2.82.